The third-order valence-electron chi connectivity index (χ3n) is 6.00. The Morgan fingerprint density at radius 2 is 1.88 bits per heavy atom. The third kappa shape index (κ3) is 3.83. The Morgan fingerprint density at radius 1 is 1.27 bits per heavy atom. The zero-order valence-electron chi connectivity index (χ0n) is 15.8. The molecular formula is C18H31ClN4O3. The fourth-order valence-corrected chi connectivity index (χ4v) is 4.39. The monoisotopic (exact) mass is 386 g/mol. The van der Waals surface area contributed by atoms with Gasteiger partial charge in [-0.25, -0.2) is 9.69 Å². The Bertz CT molecular complexity index is 543. The van der Waals surface area contributed by atoms with Crippen molar-refractivity contribution < 1.29 is 14.4 Å². The molecule has 8 heteroatoms. The average Bonchev–Trinajstić information content (AvgIpc) is 3.18. The van der Waals surface area contributed by atoms with Gasteiger partial charge in [0.25, 0.3) is 5.91 Å². The fraction of sp³-hybridized carbons (Fsp3) is 0.833. The highest BCUT2D eigenvalue weighted by molar-refractivity contribution is 6.09. The predicted molar refractivity (Wildman–Crippen MR) is 101 cm³/mol. The first-order valence-electron chi connectivity index (χ1n) is 9.64. The van der Waals surface area contributed by atoms with Crippen molar-refractivity contribution >= 4 is 30.3 Å². The molecule has 3 aliphatic rings. The van der Waals surface area contributed by atoms with E-state index >= 15 is 0 Å². The molecule has 148 valence electrons. The number of piperidine rings is 1. The van der Waals surface area contributed by atoms with E-state index in [9.17, 15) is 14.4 Å². The molecule has 1 spiro atoms. The number of hydrogen-bond donors (Lipinski definition) is 2. The van der Waals surface area contributed by atoms with Crippen LogP contribution in [0.1, 0.15) is 52.4 Å². The number of likely N-dealkylation sites (tertiary alicyclic amines) is 1. The van der Waals surface area contributed by atoms with Gasteiger partial charge in [0.1, 0.15) is 11.6 Å². The first-order valence-corrected chi connectivity index (χ1v) is 9.64. The van der Waals surface area contributed by atoms with Crippen LogP contribution in [0, 0.1) is 5.92 Å². The van der Waals surface area contributed by atoms with Crippen molar-refractivity contribution in [3.8, 4) is 0 Å². The van der Waals surface area contributed by atoms with Gasteiger partial charge in [-0.05, 0) is 51.6 Å². The number of halogens is 1. The Hall–Kier alpha value is -1.34. The van der Waals surface area contributed by atoms with Crippen LogP contribution in [0.2, 0.25) is 0 Å². The minimum Gasteiger partial charge on any atom is -0.341 e. The standard InChI is InChI=1S/C18H30N4O3.ClH/c1-3-19-12-14-6-10-21(11-7-14)15(23)13(2)22-16(24)18(20-17(22)25)8-4-5-9-18;/h13-14,19H,3-12H2,1-2H3,(H,20,25);1H. The second-order valence-electron chi connectivity index (χ2n) is 7.65. The predicted octanol–water partition coefficient (Wildman–Crippen LogP) is 1.51. The molecule has 0 aromatic heterocycles. The molecule has 3 rings (SSSR count). The van der Waals surface area contributed by atoms with E-state index in [-0.39, 0.29) is 24.2 Å². The Balaban J connectivity index is 0.00000243. The van der Waals surface area contributed by atoms with Gasteiger partial charge in [0.05, 0.1) is 0 Å². The largest absolute Gasteiger partial charge is 0.341 e. The van der Waals surface area contributed by atoms with Gasteiger partial charge in [0.2, 0.25) is 5.91 Å². The zero-order valence-corrected chi connectivity index (χ0v) is 16.6. The van der Waals surface area contributed by atoms with E-state index < -0.39 is 17.6 Å². The molecule has 3 fully saturated rings. The van der Waals surface area contributed by atoms with E-state index in [1.165, 1.54) is 4.90 Å². The first kappa shape index (κ1) is 21.0. The highest BCUT2D eigenvalue weighted by atomic mass is 35.5. The highest BCUT2D eigenvalue weighted by Crippen LogP contribution is 2.36. The molecular weight excluding hydrogens is 356 g/mol. The minimum absolute atomic E-state index is 0. The van der Waals surface area contributed by atoms with Gasteiger partial charge in [0, 0.05) is 13.1 Å². The van der Waals surface area contributed by atoms with E-state index in [4.69, 9.17) is 0 Å². The van der Waals surface area contributed by atoms with Crippen molar-refractivity contribution in [3.05, 3.63) is 0 Å². The van der Waals surface area contributed by atoms with Crippen molar-refractivity contribution in [2.24, 2.45) is 5.92 Å². The van der Waals surface area contributed by atoms with Crippen molar-refractivity contribution in [1.82, 2.24) is 20.4 Å². The molecule has 1 aliphatic carbocycles. The van der Waals surface area contributed by atoms with Crippen LogP contribution in [0.4, 0.5) is 4.79 Å². The van der Waals surface area contributed by atoms with Gasteiger partial charge in [-0.2, -0.15) is 0 Å². The number of amides is 4. The van der Waals surface area contributed by atoms with E-state index in [2.05, 4.69) is 17.6 Å². The molecule has 1 saturated carbocycles. The summed E-state index contributed by atoms with van der Waals surface area (Å²) in [5.41, 5.74) is -0.746. The molecule has 4 amide bonds. The van der Waals surface area contributed by atoms with Gasteiger partial charge < -0.3 is 15.5 Å². The van der Waals surface area contributed by atoms with Crippen LogP contribution in [-0.2, 0) is 9.59 Å². The SMILES string of the molecule is CCNCC1CCN(C(=O)C(C)N2C(=O)NC3(CCCC3)C2=O)CC1.Cl. The second-order valence-corrected chi connectivity index (χ2v) is 7.65. The maximum Gasteiger partial charge on any atom is 0.325 e. The third-order valence-corrected chi connectivity index (χ3v) is 6.00. The molecule has 0 aromatic carbocycles. The van der Waals surface area contributed by atoms with Gasteiger partial charge >= 0.3 is 6.03 Å². The van der Waals surface area contributed by atoms with Crippen LogP contribution in [0.15, 0.2) is 0 Å². The quantitative estimate of drug-likeness (QED) is 0.702. The van der Waals surface area contributed by atoms with Crippen LogP contribution >= 0.6 is 12.4 Å². The minimum atomic E-state index is -0.746. The first-order chi connectivity index (χ1) is 12.0. The molecule has 7 nitrogen and oxygen atoms in total. The van der Waals surface area contributed by atoms with Gasteiger partial charge in [0.15, 0.2) is 0 Å². The van der Waals surface area contributed by atoms with Crippen LogP contribution in [0.5, 0.6) is 0 Å². The molecule has 2 aliphatic heterocycles. The molecule has 2 heterocycles. The van der Waals surface area contributed by atoms with Crippen molar-refractivity contribution in [2.75, 3.05) is 26.2 Å². The maximum atomic E-state index is 12.8. The van der Waals surface area contributed by atoms with Gasteiger partial charge in [-0.1, -0.05) is 19.8 Å². The van der Waals surface area contributed by atoms with Crippen LogP contribution < -0.4 is 10.6 Å². The van der Waals surface area contributed by atoms with Crippen molar-refractivity contribution in [2.45, 2.75) is 64.0 Å². The topological polar surface area (TPSA) is 81.8 Å². The smallest absolute Gasteiger partial charge is 0.325 e. The molecule has 1 unspecified atom stereocenters. The van der Waals surface area contributed by atoms with E-state index in [1.807, 2.05) is 4.90 Å². The number of nitrogens with one attached hydrogen (secondary N) is 2. The van der Waals surface area contributed by atoms with Crippen molar-refractivity contribution in [1.29, 1.82) is 0 Å². The lowest BCUT2D eigenvalue weighted by Gasteiger charge is -2.35. The Morgan fingerprint density at radius 3 is 2.46 bits per heavy atom. The number of urea groups is 1. The maximum absolute atomic E-state index is 12.8. The molecule has 2 saturated heterocycles. The van der Waals surface area contributed by atoms with Crippen molar-refractivity contribution in [3.63, 3.8) is 0 Å². The summed E-state index contributed by atoms with van der Waals surface area (Å²) >= 11 is 0. The Kier molecular flexibility index (Phi) is 6.91. The fourth-order valence-electron chi connectivity index (χ4n) is 4.39. The lowest BCUT2D eigenvalue weighted by Crippen LogP contribution is -2.52. The summed E-state index contributed by atoms with van der Waals surface area (Å²) in [7, 11) is 0. The number of nitrogens with zero attached hydrogens (tertiary/aromatic N) is 2. The summed E-state index contributed by atoms with van der Waals surface area (Å²) in [5.74, 6) is 0.274. The normalized spacial score (nSPS) is 23.9. The molecule has 1 atom stereocenters. The average molecular weight is 387 g/mol. The summed E-state index contributed by atoms with van der Waals surface area (Å²) in [5, 5.41) is 6.22. The van der Waals surface area contributed by atoms with Gasteiger partial charge in [-0.15, -0.1) is 12.4 Å². The summed E-state index contributed by atoms with van der Waals surface area (Å²) in [4.78, 5) is 41.0. The molecule has 0 radical (unpaired) electrons. The summed E-state index contributed by atoms with van der Waals surface area (Å²) in [6.07, 6.45) is 5.20. The number of hydrogen-bond acceptors (Lipinski definition) is 4. The van der Waals surface area contributed by atoms with E-state index in [0.717, 1.165) is 38.8 Å². The second kappa shape index (κ2) is 8.57. The molecule has 26 heavy (non-hydrogen) atoms. The van der Waals surface area contributed by atoms with Crippen LogP contribution in [0.25, 0.3) is 0 Å². The van der Waals surface area contributed by atoms with Gasteiger partial charge in [-0.3, -0.25) is 9.59 Å². The lowest BCUT2D eigenvalue weighted by molar-refractivity contribution is -0.143. The Labute approximate surface area is 161 Å². The summed E-state index contributed by atoms with van der Waals surface area (Å²) in [6.45, 7) is 7.13. The number of carbonyl (C=O) groups is 3. The lowest BCUT2D eigenvalue weighted by atomic mass is 9.96. The number of carbonyl (C=O) groups excluding carboxylic acids is 3. The van der Waals surface area contributed by atoms with E-state index in [0.29, 0.717) is 31.8 Å². The number of imide groups is 1. The molecule has 0 bridgehead atoms. The van der Waals surface area contributed by atoms with Crippen LogP contribution in [0.3, 0.4) is 0 Å². The molecule has 2 N–H and O–H groups in total. The molecule has 0 aromatic rings. The zero-order chi connectivity index (χ0) is 18.0. The number of rotatable bonds is 5. The summed E-state index contributed by atoms with van der Waals surface area (Å²) < 4.78 is 0. The highest BCUT2D eigenvalue weighted by Gasteiger charge is 2.54. The van der Waals surface area contributed by atoms with E-state index in [1.54, 1.807) is 6.92 Å². The summed E-state index contributed by atoms with van der Waals surface area (Å²) in [6, 6.07) is -1.13. The van der Waals surface area contributed by atoms with Crippen LogP contribution in [-0.4, -0.2) is 65.4 Å².